The number of rotatable bonds is 5. The minimum atomic E-state index is 0.900. The molecule has 0 saturated carbocycles. The predicted molar refractivity (Wildman–Crippen MR) is 114 cm³/mol. The molecule has 4 nitrogen and oxygen atoms in total. The molecule has 27 heavy (non-hydrogen) atoms. The molecule has 1 aromatic heterocycles. The molecule has 2 saturated heterocycles. The number of aromatic nitrogens is 2. The lowest BCUT2D eigenvalue weighted by atomic mass is 9.79. The molecule has 0 N–H and O–H groups in total. The van der Waals surface area contributed by atoms with Gasteiger partial charge in [-0.15, -0.1) is 10.2 Å². The van der Waals surface area contributed by atoms with E-state index in [9.17, 15) is 0 Å². The van der Waals surface area contributed by atoms with Gasteiger partial charge in [0.25, 0.3) is 0 Å². The maximum Gasteiger partial charge on any atom is 0.208 e. The Bertz CT molecular complexity index is 726. The first-order valence-corrected chi connectivity index (χ1v) is 11.1. The Balaban J connectivity index is 1.19. The first-order valence-electron chi connectivity index (χ1n) is 10.3. The number of anilines is 1. The first-order chi connectivity index (χ1) is 13.3. The lowest BCUT2D eigenvalue weighted by Crippen LogP contribution is -2.40. The summed E-state index contributed by atoms with van der Waals surface area (Å²) in [5.41, 5.74) is 1.30. The molecule has 3 heterocycles. The molecule has 2 fully saturated rings. The van der Waals surface area contributed by atoms with E-state index in [1.165, 1.54) is 44.3 Å². The molecular formula is C22H30N4S. The van der Waals surface area contributed by atoms with Crippen LogP contribution in [-0.4, -0.2) is 47.8 Å². The van der Waals surface area contributed by atoms with Crippen LogP contribution in [0.1, 0.15) is 36.3 Å². The zero-order valence-corrected chi connectivity index (χ0v) is 17.1. The molecule has 0 bridgehead atoms. The molecule has 0 aliphatic carbocycles. The van der Waals surface area contributed by atoms with E-state index in [0.29, 0.717) is 0 Å². The quantitative estimate of drug-likeness (QED) is 0.763. The highest BCUT2D eigenvalue weighted by atomic mass is 32.1. The van der Waals surface area contributed by atoms with Crippen LogP contribution in [0.25, 0.3) is 6.08 Å². The summed E-state index contributed by atoms with van der Waals surface area (Å²) in [5, 5.41) is 10.7. The monoisotopic (exact) mass is 382 g/mol. The zero-order valence-electron chi connectivity index (χ0n) is 16.3. The van der Waals surface area contributed by atoms with Crippen LogP contribution in [-0.2, 0) is 0 Å². The average Bonchev–Trinajstić information content (AvgIpc) is 3.16. The van der Waals surface area contributed by atoms with Crippen LogP contribution in [0.5, 0.6) is 0 Å². The Morgan fingerprint density at radius 1 is 0.963 bits per heavy atom. The summed E-state index contributed by atoms with van der Waals surface area (Å²) >= 11 is 1.73. The summed E-state index contributed by atoms with van der Waals surface area (Å²) in [5.74, 6) is 1.81. The van der Waals surface area contributed by atoms with Crippen molar-refractivity contribution in [2.24, 2.45) is 11.8 Å². The lowest BCUT2D eigenvalue weighted by Gasteiger charge is -2.39. The second kappa shape index (κ2) is 8.98. The SMILES string of the molecule is Cc1nnc(N2CCC(C3CCN(C/C=C/c4ccccc4)CC3)CC2)s1. The minimum Gasteiger partial charge on any atom is -0.347 e. The van der Waals surface area contributed by atoms with Crippen LogP contribution >= 0.6 is 11.3 Å². The van der Waals surface area contributed by atoms with E-state index in [4.69, 9.17) is 0 Å². The van der Waals surface area contributed by atoms with E-state index in [2.05, 4.69) is 62.5 Å². The van der Waals surface area contributed by atoms with Crippen LogP contribution in [0.3, 0.4) is 0 Å². The normalized spacial score (nSPS) is 20.6. The van der Waals surface area contributed by atoms with Gasteiger partial charge in [0.15, 0.2) is 0 Å². The fraction of sp³-hybridized carbons (Fsp3) is 0.545. The molecule has 2 aromatic rings. The van der Waals surface area contributed by atoms with Crippen LogP contribution < -0.4 is 4.90 Å². The van der Waals surface area contributed by atoms with Gasteiger partial charge < -0.3 is 4.90 Å². The number of aryl methyl sites for hydroxylation is 1. The van der Waals surface area contributed by atoms with Crippen molar-refractivity contribution in [1.82, 2.24) is 15.1 Å². The molecule has 1 aromatic carbocycles. The van der Waals surface area contributed by atoms with Crippen molar-refractivity contribution in [2.45, 2.75) is 32.6 Å². The molecule has 0 atom stereocenters. The van der Waals surface area contributed by atoms with Gasteiger partial charge in [0.1, 0.15) is 5.01 Å². The van der Waals surface area contributed by atoms with E-state index >= 15 is 0 Å². The van der Waals surface area contributed by atoms with Crippen LogP contribution in [0.4, 0.5) is 5.13 Å². The van der Waals surface area contributed by atoms with Crippen molar-refractivity contribution in [2.75, 3.05) is 37.6 Å². The second-order valence-electron chi connectivity index (χ2n) is 7.88. The standard InChI is InChI=1S/C22H30N4S/c1-18-23-24-22(27-18)26-16-11-21(12-17-26)20-9-14-25(15-10-20)13-5-8-19-6-3-2-4-7-19/h2-8,20-21H,9-17H2,1H3/b8-5+. The Kier molecular flexibility index (Phi) is 6.20. The van der Waals surface area contributed by atoms with Gasteiger partial charge >= 0.3 is 0 Å². The summed E-state index contributed by atoms with van der Waals surface area (Å²) in [7, 11) is 0. The molecule has 5 heteroatoms. The van der Waals surface area contributed by atoms with Gasteiger partial charge in [0.05, 0.1) is 0 Å². The highest BCUT2D eigenvalue weighted by Gasteiger charge is 2.30. The van der Waals surface area contributed by atoms with E-state index in [1.54, 1.807) is 11.3 Å². The van der Waals surface area contributed by atoms with Gasteiger partial charge in [-0.1, -0.05) is 53.8 Å². The highest BCUT2D eigenvalue weighted by Crippen LogP contribution is 2.34. The average molecular weight is 383 g/mol. The smallest absolute Gasteiger partial charge is 0.208 e. The van der Waals surface area contributed by atoms with Crippen LogP contribution in [0.2, 0.25) is 0 Å². The van der Waals surface area contributed by atoms with Gasteiger partial charge in [-0.3, -0.25) is 4.90 Å². The summed E-state index contributed by atoms with van der Waals surface area (Å²) in [4.78, 5) is 5.04. The third-order valence-electron chi connectivity index (χ3n) is 6.10. The minimum absolute atomic E-state index is 0.900. The van der Waals surface area contributed by atoms with Gasteiger partial charge in [-0.05, 0) is 63.1 Å². The van der Waals surface area contributed by atoms with Crippen LogP contribution in [0.15, 0.2) is 36.4 Å². The molecule has 0 amide bonds. The molecule has 2 aliphatic rings. The maximum absolute atomic E-state index is 4.32. The molecule has 144 valence electrons. The third-order valence-corrected chi connectivity index (χ3v) is 7.00. The van der Waals surface area contributed by atoms with E-state index in [0.717, 1.165) is 41.6 Å². The fourth-order valence-corrected chi connectivity index (χ4v) is 5.22. The number of likely N-dealkylation sites (tertiary alicyclic amines) is 1. The second-order valence-corrected chi connectivity index (χ2v) is 9.04. The molecule has 0 unspecified atom stereocenters. The summed E-state index contributed by atoms with van der Waals surface area (Å²) in [6, 6.07) is 10.6. The van der Waals surface area contributed by atoms with Crippen molar-refractivity contribution in [3.8, 4) is 0 Å². The molecule has 2 aliphatic heterocycles. The van der Waals surface area contributed by atoms with Gasteiger partial charge in [0, 0.05) is 19.6 Å². The Morgan fingerprint density at radius 3 is 2.26 bits per heavy atom. The number of piperidine rings is 2. The fourth-order valence-electron chi connectivity index (χ4n) is 4.48. The van der Waals surface area contributed by atoms with Crippen molar-refractivity contribution in [3.05, 3.63) is 47.0 Å². The maximum atomic E-state index is 4.32. The van der Waals surface area contributed by atoms with Crippen molar-refractivity contribution < 1.29 is 0 Å². The van der Waals surface area contributed by atoms with Crippen LogP contribution in [0, 0.1) is 18.8 Å². The van der Waals surface area contributed by atoms with E-state index in [1.807, 2.05) is 6.92 Å². The molecule has 0 radical (unpaired) electrons. The van der Waals surface area contributed by atoms with Gasteiger partial charge in [-0.2, -0.15) is 0 Å². The van der Waals surface area contributed by atoms with Crippen molar-refractivity contribution >= 4 is 22.5 Å². The predicted octanol–water partition coefficient (Wildman–Crippen LogP) is 4.49. The molecular weight excluding hydrogens is 352 g/mol. The first kappa shape index (κ1) is 18.6. The molecule has 0 spiro atoms. The van der Waals surface area contributed by atoms with E-state index in [-0.39, 0.29) is 0 Å². The largest absolute Gasteiger partial charge is 0.347 e. The van der Waals surface area contributed by atoms with E-state index < -0.39 is 0 Å². The number of hydrogen-bond acceptors (Lipinski definition) is 5. The number of benzene rings is 1. The van der Waals surface area contributed by atoms with Gasteiger partial charge in [-0.25, -0.2) is 0 Å². The highest BCUT2D eigenvalue weighted by molar-refractivity contribution is 7.15. The summed E-state index contributed by atoms with van der Waals surface area (Å²) in [6.07, 6.45) is 9.92. The molecule has 4 rings (SSSR count). The lowest BCUT2D eigenvalue weighted by molar-refractivity contribution is 0.143. The van der Waals surface area contributed by atoms with Crippen molar-refractivity contribution in [3.63, 3.8) is 0 Å². The Morgan fingerprint density at radius 2 is 1.63 bits per heavy atom. The topological polar surface area (TPSA) is 32.3 Å². The summed E-state index contributed by atoms with van der Waals surface area (Å²) in [6.45, 7) is 7.92. The number of nitrogens with zero attached hydrogens (tertiary/aromatic N) is 4. The Hall–Kier alpha value is -1.72. The van der Waals surface area contributed by atoms with Crippen molar-refractivity contribution in [1.29, 1.82) is 0 Å². The van der Waals surface area contributed by atoms with Gasteiger partial charge in [0.2, 0.25) is 5.13 Å². The Labute approximate surface area is 166 Å². The third kappa shape index (κ3) is 4.96. The summed E-state index contributed by atoms with van der Waals surface area (Å²) < 4.78 is 0. The zero-order chi connectivity index (χ0) is 18.5. The number of hydrogen-bond donors (Lipinski definition) is 0.